The minimum absolute atomic E-state index is 2.92. The molecule has 0 aromatic heterocycles. The van der Waals surface area contributed by atoms with E-state index in [-0.39, 0.29) is 0 Å². The van der Waals surface area contributed by atoms with E-state index in [9.17, 15) is 43.9 Å². The molecule has 0 aromatic rings. The molecule has 0 aliphatic rings. The van der Waals surface area contributed by atoms with Crippen molar-refractivity contribution in [1.82, 2.24) is 0 Å². The van der Waals surface area contributed by atoms with Gasteiger partial charge in [-0.2, -0.15) is 39.5 Å². The fraction of sp³-hybridized carbons (Fsp3) is 1.00. The van der Waals surface area contributed by atoms with Crippen LogP contribution in [0.4, 0.5) is 43.9 Å². The second-order valence-corrected chi connectivity index (χ2v) is 4.17. The van der Waals surface area contributed by atoms with Gasteiger partial charge in [-0.05, 0) is 0 Å². The maximum absolute atomic E-state index is 12.6. The third-order valence-electron chi connectivity index (χ3n) is 1.74. The lowest BCUT2D eigenvalue weighted by molar-refractivity contribution is -0.402. The van der Waals surface area contributed by atoms with Crippen molar-refractivity contribution in [3.05, 3.63) is 0 Å². The predicted molar refractivity (Wildman–Crippen MR) is 41.3 cm³/mol. The van der Waals surface area contributed by atoms with Gasteiger partial charge in [0.2, 0.25) is 0 Å². The number of hydrogen-bond acceptors (Lipinski definition) is 0. The Morgan fingerprint density at radius 3 is 1.22 bits per heavy atom. The average Bonchev–Trinajstić information content (AvgIpc) is 2.13. The molecule has 0 bridgehead atoms. The van der Waals surface area contributed by atoms with E-state index in [2.05, 4.69) is 23.2 Å². The van der Waals surface area contributed by atoms with Crippen LogP contribution in [0.5, 0.6) is 0 Å². The van der Waals surface area contributed by atoms with Gasteiger partial charge in [-0.15, -0.1) is 23.2 Å². The monoisotopic (exact) mass is 334 g/mol. The molecule has 0 spiro atoms. The number of alkyl halides is 12. The van der Waals surface area contributed by atoms with Gasteiger partial charge in [0.05, 0.1) is 0 Å². The number of rotatable bonds is 4. The summed E-state index contributed by atoms with van der Waals surface area (Å²) in [5.74, 6) is -20.6. The molecular weight excluding hydrogens is 333 g/mol. The van der Waals surface area contributed by atoms with Crippen LogP contribution in [0.15, 0.2) is 0 Å². The minimum atomic E-state index is -7.16. The lowest BCUT2D eigenvalue weighted by Crippen LogP contribution is -2.64. The zero-order valence-corrected chi connectivity index (χ0v) is 9.20. The van der Waals surface area contributed by atoms with E-state index in [1.807, 2.05) is 0 Å². The second kappa shape index (κ2) is 4.77. The van der Waals surface area contributed by atoms with E-state index in [1.165, 1.54) is 0 Å². The maximum atomic E-state index is 12.6. The van der Waals surface area contributed by atoms with Crippen molar-refractivity contribution in [2.45, 2.75) is 35.0 Å². The van der Waals surface area contributed by atoms with Gasteiger partial charge >= 0.3 is 23.9 Å². The van der Waals surface area contributed by atoms with Crippen LogP contribution in [0.3, 0.4) is 0 Å². The first kappa shape index (κ1) is 17.9. The highest BCUT2D eigenvalue weighted by Gasteiger charge is 2.83. The van der Waals surface area contributed by atoms with Gasteiger partial charge in [-0.1, -0.05) is 0 Å². The zero-order chi connectivity index (χ0) is 15.2. The first-order valence-corrected chi connectivity index (χ1v) is 4.60. The van der Waals surface area contributed by atoms with Crippen molar-refractivity contribution in [2.24, 2.45) is 0 Å². The highest BCUT2D eigenvalue weighted by atomic mass is 35.5. The average molecular weight is 335 g/mol. The van der Waals surface area contributed by atoms with Crippen LogP contribution >= 0.6 is 23.2 Å². The summed E-state index contributed by atoms with van der Waals surface area (Å²) in [4.78, 5) is -2.92. The van der Waals surface area contributed by atoms with Crippen LogP contribution in [-0.2, 0) is 0 Å². The van der Waals surface area contributed by atoms with Gasteiger partial charge < -0.3 is 0 Å². The lowest BCUT2D eigenvalue weighted by atomic mass is 10.0. The Morgan fingerprint density at radius 2 is 1.00 bits per heavy atom. The summed E-state index contributed by atoms with van der Waals surface area (Å²) < 4.78 is 122. The third kappa shape index (κ3) is 2.59. The third-order valence-corrected chi connectivity index (χ3v) is 2.18. The molecule has 0 N–H and O–H groups in total. The van der Waals surface area contributed by atoms with E-state index in [0.29, 0.717) is 0 Å². The van der Waals surface area contributed by atoms with Crippen molar-refractivity contribution in [3.8, 4) is 0 Å². The fourth-order valence-electron chi connectivity index (χ4n) is 0.719. The molecule has 0 aliphatic carbocycles. The SMILES string of the molecule is FC(C(Cl)Cl)C(F)(F)C(F)(F)C(F)(F)C(F)(F)F. The molecule has 0 rings (SSSR count). The standard InChI is InChI=1S/C6H2Cl2F10/c7-2(8)1(9)3(10,11)4(12,13)5(14,15)6(16,17)18/h1-2H. The van der Waals surface area contributed by atoms with Crippen molar-refractivity contribution in [1.29, 1.82) is 0 Å². The van der Waals surface area contributed by atoms with Crippen molar-refractivity contribution in [2.75, 3.05) is 0 Å². The smallest absolute Gasteiger partial charge is 0.238 e. The molecule has 0 saturated heterocycles. The Labute approximate surface area is 103 Å². The van der Waals surface area contributed by atoms with E-state index in [0.717, 1.165) is 0 Å². The summed E-state index contributed by atoms with van der Waals surface area (Å²) >= 11 is 8.87. The van der Waals surface area contributed by atoms with Crippen LogP contribution in [-0.4, -0.2) is 35.0 Å². The van der Waals surface area contributed by atoms with Gasteiger partial charge in [-0.3, -0.25) is 0 Å². The molecule has 0 radical (unpaired) electrons. The van der Waals surface area contributed by atoms with Gasteiger partial charge in [0, 0.05) is 0 Å². The van der Waals surface area contributed by atoms with Gasteiger partial charge in [0.15, 0.2) is 6.17 Å². The molecule has 1 unspecified atom stereocenters. The van der Waals surface area contributed by atoms with E-state index in [4.69, 9.17) is 0 Å². The van der Waals surface area contributed by atoms with Gasteiger partial charge in [-0.25, -0.2) is 4.39 Å². The summed E-state index contributed by atoms with van der Waals surface area (Å²) in [7, 11) is 0. The topological polar surface area (TPSA) is 0 Å². The molecule has 0 nitrogen and oxygen atoms in total. The van der Waals surface area contributed by atoms with Crippen LogP contribution in [0.2, 0.25) is 0 Å². The Balaban J connectivity index is 5.64. The van der Waals surface area contributed by atoms with Crippen molar-refractivity contribution in [3.63, 3.8) is 0 Å². The first-order valence-electron chi connectivity index (χ1n) is 3.73. The molecular formula is C6H2Cl2F10. The summed E-state index contributed by atoms with van der Waals surface area (Å²) in [5, 5.41) is 0. The zero-order valence-electron chi connectivity index (χ0n) is 7.69. The Hall–Kier alpha value is -0.120. The lowest BCUT2D eigenvalue weighted by Gasteiger charge is -2.35. The second-order valence-electron chi connectivity index (χ2n) is 3.01. The van der Waals surface area contributed by atoms with Crippen LogP contribution in [0.25, 0.3) is 0 Å². The Morgan fingerprint density at radius 1 is 0.667 bits per heavy atom. The molecule has 12 heteroatoms. The summed E-state index contributed by atoms with van der Waals surface area (Å²) in [6.45, 7) is 0. The fourth-order valence-corrected chi connectivity index (χ4v) is 1.04. The van der Waals surface area contributed by atoms with Crippen LogP contribution in [0, 0.1) is 0 Å². The normalized spacial score (nSPS) is 17.2. The van der Waals surface area contributed by atoms with Crippen molar-refractivity contribution < 1.29 is 43.9 Å². The Kier molecular flexibility index (Phi) is 4.74. The molecule has 1 atom stereocenters. The molecule has 0 amide bonds. The quantitative estimate of drug-likeness (QED) is 0.521. The van der Waals surface area contributed by atoms with Crippen LogP contribution in [0.1, 0.15) is 0 Å². The summed E-state index contributed by atoms with van der Waals surface area (Å²) in [5.41, 5.74) is 0. The minimum Gasteiger partial charge on any atom is -0.238 e. The predicted octanol–water partition coefficient (Wildman–Crippen LogP) is 4.60. The number of hydrogen-bond donors (Lipinski definition) is 0. The summed E-state index contributed by atoms with van der Waals surface area (Å²) in [6.07, 6.45) is -11.3. The molecule has 0 aromatic carbocycles. The van der Waals surface area contributed by atoms with E-state index in [1.54, 1.807) is 0 Å². The molecule has 110 valence electrons. The van der Waals surface area contributed by atoms with Crippen LogP contribution < -0.4 is 0 Å². The number of halogens is 12. The molecule has 0 heterocycles. The molecule has 18 heavy (non-hydrogen) atoms. The van der Waals surface area contributed by atoms with E-state index >= 15 is 0 Å². The largest absolute Gasteiger partial charge is 0.460 e. The molecule has 0 fully saturated rings. The van der Waals surface area contributed by atoms with Gasteiger partial charge in [0.25, 0.3) is 0 Å². The summed E-state index contributed by atoms with van der Waals surface area (Å²) in [6, 6.07) is 0. The maximum Gasteiger partial charge on any atom is 0.460 e. The van der Waals surface area contributed by atoms with E-state index < -0.39 is 35.0 Å². The highest BCUT2D eigenvalue weighted by molar-refractivity contribution is 6.44. The highest BCUT2D eigenvalue weighted by Crippen LogP contribution is 2.55. The molecule has 0 saturated carbocycles. The molecule has 0 aliphatic heterocycles. The van der Waals surface area contributed by atoms with Gasteiger partial charge in [0.1, 0.15) is 4.84 Å². The van der Waals surface area contributed by atoms with Crippen molar-refractivity contribution >= 4 is 23.2 Å². The Bertz CT molecular complexity index is 295. The first-order chi connectivity index (χ1) is 7.60.